The second-order valence-corrected chi connectivity index (χ2v) is 8.28. The van der Waals surface area contributed by atoms with Crippen molar-refractivity contribution >= 4 is 17.0 Å². The lowest BCUT2D eigenvalue weighted by atomic mass is 10.1. The summed E-state index contributed by atoms with van der Waals surface area (Å²) >= 11 is 0. The van der Waals surface area contributed by atoms with Gasteiger partial charge in [0, 0.05) is 18.0 Å². The maximum absolute atomic E-state index is 6.30. The van der Waals surface area contributed by atoms with Crippen LogP contribution in [0, 0.1) is 18.8 Å². The average molecular weight is 402 g/mol. The van der Waals surface area contributed by atoms with Gasteiger partial charge < -0.3 is 10.1 Å². The quantitative estimate of drug-likeness (QED) is 0.647. The first-order valence-corrected chi connectivity index (χ1v) is 10.9. The summed E-state index contributed by atoms with van der Waals surface area (Å²) < 4.78 is 8.34. The molecule has 0 amide bonds. The van der Waals surface area contributed by atoms with E-state index in [4.69, 9.17) is 4.74 Å². The largest absolute Gasteiger partial charge is 0.365 e. The van der Waals surface area contributed by atoms with E-state index in [9.17, 15) is 0 Å². The van der Waals surface area contributed by atoms with Crippen molar-refractivity contribution in [2.75, 3.05) is 5.32 Å². The Balaban J connectivity index is 1.27. The smallest absolute Gasteiger partial charge is 0.167 e. The maximum atomic E-state index is 6.30. The highest BCUT2D eigenvalue weighted by Crippen LogP contribution is 2.33. The molecule has 2 fully saturated rings. The van der Waals surface area contributed by atoms with Crippen molar-refractivity contribution in [1.82, 2.24) is 19.5 Å². The zero-order chi connectivity index (χ0) is 20.3. The predicted octanol–water partition coefficient (Wildman–Crippen LogP) is 4.61. The number of aryl methyl sites for hydroxylation is 1. The van der Waals surface area contributed by atoms with Crippen LogP contribution < -0.4 is 5.32 Å². The van der Waals surface area contributed by atoms with Crippen LogP contribution in [-0.2, 0) is 4.74 Å². The number of rotatable bonds is 4. The molecule has 6 heteroatoms. The fourth-order valence-corrected chi connectivity index (χ4v) is 4.45. The number of aromatic nitrogens is 4. The fraction of sp³-hybridized carbons (Fsp3) is 0.458. The van der Waals surface area contributed by atoms with Crippen molar-refractivity contribution in [3.05, 3.63) is 48.0 Å². The van der Waals surface area contributed by atoms with Crippen molar-refractivity contribution in [3.8, 4) is 11.8 Å². The van der Waals surface area contributed by atoms with Crippen LogP contribution in [0.3, 0.4) is 0 Å². The number of benzene rings is 1. The SMILES string of the molecule is Cc1ccccc1C#CC[C@H]1CC[C@H](n2cnc3c(NC4CCCC4)ncnc32)O1. The van der Waals surface area contributed by atoms with Crippen LogP contribution in [-0.4, -0.2) is 31.7 Å². The van der Waals surface area contributed by atoms with Crippen molar-refractivity contribution in [2.24, 2.45) is 0 Å². The molecule has 0 bridgehead atoms. The van der Waals surface area contributed by atoms with Crippen molar-refractivity contribution in [3.63, 3.8) is 0 Å². The molecule has 3 heterocycles. The summed E-state index contributed by atoms with van der Waals surface area (Å²) in [6.07, 6.45) is 11.2. The Morgan fingerprint density at radius 1 is 1.10 bits per heavy atom. The number of hydrogen-bond acceptors (Lipinski definition) is 5. The van der Waals surface area contributed by atoms with E-state index in [-0.39, 0.29) is 12.3 Å². The van der Waals surface area contributed by atoms with E-state index in [0.29, 0.717) is 6.04 Å². The molecule has 1 aliphatic carbocycles. The molecule has 1 saturated heterocycles. The molecule has 6 nitrogen and oxygen atoms in total. The number of anilines is 1. The van der Waals surface area contributed by atoms with Crippen molar-refractivity contribution in [2.45, 2.75) is 70.2 Å². The van der Waals surface area contributed by atoms with Gasteiger partial charge in [-0.15, -0.1) is 0 Å². The monoisotopic (exact) mass is 401 g/mol. The summed E-state index contributed by atoms with van der Waals surface area (Å²) in [5.74, 6) is 7.42. The van der Waals surface area contributed by atoms with Gasteiger partial charge in [-0.2, -0.15) is 0 Å². The minimum absolute atomic E-state index is 0.0468. The molecular weight excluding hydrogens is 374 g/mol. The van der Waals surface area contributed by atoms with E-state index in [2.05, 4.69) is 51.2 Å². The molecule has 2 aromatic heterocycles. The predicted molar refractivity (Wildman–Crippen MR) is 117 cm³/mol. The highest BCUT2D eigenvalue weighted by molar-refractivity contribution is 5.82. The molecular formula is C24H27N5O. The van der Waals surface area contributed by atoms with Gasteiger partial charge in [0.05, 0.1) is 12.4 Å². The number of ether oxygens (including phenoxy) is 1. The van der Waals surface area contributed by atoms with E-state index in [1.807, 2.05) is 23.0 Å². The normalized spacial score (nSPS) is 21.6. The van der Waals surface area contributed by atoms with Gasteiger partial charge in [-0.1, -0.05) is 42.9 Å². The summed E-state index contributed by atoms with van der Waals surface area (Å²) in [4.78, 5) is 13.6. The number of hydrogen-bond donors (Lipinski definition) is 1. The van der Waals surface area contributed by atoms with E-state index in [0.717, 1.165) is 41.8 Å². The average Bonchev–Trinajstić information content (AvgIpc) is 3.50. The van der Waals surface area contributed by atoms with Gasteiger partial charge in [0.2, 0.25) is 0 Å². The van der Waals surface area contributed by atoms with Gasteiger partial charge in [-0.05, 0) is 44.2 Å². The number of nitrogens with one attached hydrogen (secondary N) is 1. The summed E-state index contributed by atoms with van der Waals surface area (Å²) in [7, 11) is 0. The van der Waals surface area contributed by atoms with Gasteiger partial charge in [0.1, 0.15) is 12.6 Å². The lowest BCUT2D eigenvalue weighted by Gasteiger charge is -2.15. The summed E-state index contributed by atoms with van der Waals surface area (Å²) in [6, 6.07) is 8.72. The van der Waals surface area contributed by atoms with Crippen LogP contribution in [0.2, 0.25) is 0 Å². The molecule has 1 N–H and O–H groups in total. The molecule has 1 aromatic carbocycles. The molecule has 5 rings (SSSR count). The Morgan fingerprint density at radius 2 is 1.97 bits per heavy atom. The molecule has 1 saturated carbocycles. The molecule has 1 aliphatic heterocycles. The molecule has 2 aliphatic rings. The molecule has 2 atom stereocenters. The Morgan fingerprint density at radius 3 is 2.83 bits per heavy atom. The Bertz CT molecular complexity index is 1090. The highest BCUT2D eigenvalue weighted by atomic mass is 16.5. The zero-order valence-corrected chi connectivity index (χ0v) is 17.3. The molecule has 154 valence electrons. The third kappa shape index (κ3) is 3.90. The lowest BCUT2D eigenvalue weighted by molar-refractivity contribution is 0.00686. The minimum atomic E-state index is -0.0468. The van der Waals surface area contributed by atoms with Gasteiger partial charge >= 0.3 is 0 Å². The number of fused-ring (bicyclic) bond motifs is 1. The van der Waals surface area contributed by atoms with Crippen LogP contribution in [0.15, 0.2) is 36.9 Å². The first-order valence-electron chi connectivity index (χ1n) is 10.9. The third-order valence-corrected chi connectivity index (χ3v) is 6.15. The number of nitrogens with zero attached hydrogens (tertiary/aromatic N) is 4. The van der Waals surface area contributed by atoms with Crippen molar-refractivity contribution < 1.29 is 4.74 Å². The van der Waals surface area contributed by atoms with Crippen LogP contribution in [0.4, 0.5) is 5.82 Å². The van der Waals surface area contributed by atoms with Gasteiger partial charge in [0.25, 0.3) is 0 Å². The Kier molecular flexibility index (Phi) is 5.37. The Labute approximate surface area is 177 Å². The van der Waals surface area contributed by atoms with E-state index in [1.165, 1.54) is 31.2 Å². The molecule has 0 radical (unpaired) electrons. The summed E-state index contributed by atoms with van der Waals surface area (Å²) in [5.41, 5.74) is 3.96. The minimum Gasteiger partial charge on any atom is -0.365 e. The fourth-order valence-electron chi connectivity index (χ4n) is 4.45. The van der Waals surface area contributed by atoms with Crippen molar-refractivity contribution in [1.29, 1.82) is 0 Å². The van der Waals surface area contributed by atoms with E-state index in [1.54, 1.807) is 6.33 Å². The number of imidazole rings is 1. The molecule has 0 unspecified atom stereocenters. The summed E-state index contributed by atoms with van der Waals surface area (Å²) in [6.45, 7) is 2.09. The first-order chi connectivity index (χ1) is 14.8. The first kappa shape index (κ1) is 19.1. The van der Waals surface area contributed by atoms with Gasteiger partial charge in [0.15, 0.2) is 17.0 Å². The maximum Gasteiger partial charge on any atom is 0.167 e. The van der Waals surface area contributed by atoms with Crippen LogP contribution in [0.25, 0.3) is 11.2 Å². The van der Waals surface area contributed by atoms with E-state index >= 15 is 0 Å². The van der Waals surface area contributed by atoms with Crippen LogP contribution in [0.5, 0.6) is 0 Å². The molecule has 30 heavy (non-hydrogen) atoms. The van der Waals surface area contributed by atoms with Crippen LogP contribution >= 0.6 is 0 Å². The second-order valence-electron chi connectivity index (χ2n) is 8.28. The topological polar surface area (TPSA) is 64.9 Å². The van der Waals surface area contributed by atoms with Gasteiger partial charge in [-0.3, -0.25) is 4.57 Å². The lowest BCUT2D eigenvalue weighted by Crippen LogP contribution is -2.16. The third-order valence-electron chi connectivity index (χ3n) is 6.15. The second kappa shape index (κ2) is 8.45. The molecule has 0 spiro atoms. The Hall–Kier alpha value is -2.91. The highest BCUT2D eigenvalue weighted by Gasteiger charge is 2.28. The standard InChI is InChI=1S/C24H27N5O/c1-17-7-2-3-8-18(17)9-6-12-20-13-14-21(30-20)29-16-27-22-23(25-15-26-24(22)29)28-19-10-4-5-11-19/h2-3,7-8,15-16,19-21H,4-5,10-14H2,1H3,(H,25,26,28)/t20-,21+/m0/s1. The van der Waals surface area contributed by atoms with Crippen LogP contribution in [0.1, 0.15) is 62.3 Å². The van der Waals surface area contributed by atoms with E-state index < -0.39 is 0 Å². The summed E-state index contributed by atoms with van der Waals surface area (Å²) in [5, 5.41) is 3.56. The zero-order valence-electron chi connectivity index (χ0n) is 17.3. The molecule has 3 aromatic rings. The van der Waals surface area contributed by atoms with Gasteiger partial charge in [-0.25, -0.2) is 15.0 Å².